The zero-order valence-electron chi connectivity index (χ0n) is 16.3. The molecule has 0 radical (unpaired) electrons. The predicted molar refractivity (Wildman–Crippen MR) is 108 cm³/mol. The molecule has 0 bridgehead atoms. The Labute approximate surface area is 162 Å². The maximum atomic E-state index is 12.2. The predicted octanol–water partition coefficient (Wildman–Crippen LogP) is 5.96. The smallest absolute Gasteiger partial charge is 0.409 e. The summed E-state index contributed by atoms with van der Waals surface area (Å²) < 4.78 is 11.3. The molecule has 4 heteroatoms. The first-order valence-corrected chi connectivity index (χ1v) is 10.0. The standard InChI is InChI=1S/C23H29NO3/c1-3-5-16-24(23(25)26-4-2)17-10-13-18-19-11-6-8-14-21(19)27-22-15-9-7-12-20(18)22/h6-9,11-12,14-15,18H,3-5,10,13,16-17H2,1-2H3. The summed E-state index contributed by atoms with van der Waals surface area (Å²) in [4.78, 5) is 14.1. The molecule has 27 heavy (non-hydrogen) atoms. The molecule has 1 aliphatic rings. The van der Waals surface area contributed by atoms with Crippen LogP contribution in [0.2, 0.25) is 0 Å². The maximum absolute atomic E-state index is 12.2. The maximum Gasteiger partial charge on any atom is 0.409 e. The number of benzene rings is 2. The van der Waals surface area contributed by atoms with Crippen LogP contribution in [0.5, 0.6) is 11.5 Å². The van der Waals surface area contributed by atoms with E-state index >= 15 is 0 Å². The second kappa shape index (κ2) is 9.45. The second-order valence-corrected chi connectivity index (χ2v) is 6.91. The molecule has 1 aliphatic heterocycles. The molecule has 3 rings (SSSR count). The van der Waals surface area contributed by atoms with Crippen molar-refractivity contribution in [3.8, 4) is 11.5 Å². The van der Waals surface area contributed by atoms with Gasteiger partial charge in [-0.1, -0.05) is 49.7 Å². The van der Waals surface area contributed by atoms with Gasteiger partial charge in [0.05, 0.1) is 6.61 Å². The monoisotopic (exact) mass is 367 g/mol. The van der Waals surface area contributed by atoms with Gasteiger partial charge in [0.1, 0.15) is 11.5 Å². The topological polar surface area (TPSA) is 38.8 Å². The fourth-order valence-corrected chi connectivity index (χ4v) is 3.66. The van der Waals surface area contributed by atoms with E-state index in [0.29, 0.717) is 12.5 Å². The molecule has 0 N–H and O–H groups in total. The van der Waals surface area contributed by atoms with E-state index in [1.165, 1.54) is 11.1 Å². The van der Waals surface area contributed by atoms with Gasteiger partial charge in [0.25, 0.3) is 0 Å². The summed E-state index contributed by atoms with van der Waals surface area (Å²) in [6.45, 7) is 5.89. The molecule has 1 amide bonds. The quantitative estimate of drug-likeness (QED) is 0.577. The van der Waals surface area contributed by atoms with Crippen LogP contribution in [0.3, 0.4) is 0 Å². The molecule has 0 fully saturated rings. The second-order valence-electron chi connectivity index (χ2n) is 6.91. The van der Waals surface area contributed by atoms with E-state index in [0.717, 1.165) is 50.3 Å². The van der Waals surface area contributed by atoms with Crippen molar-refractivity contribution in [3.05, 3.63) is 59.7 Å². The number of hydrogen-bond donors (Lipinski definition) is 0. The molecule has 2 aromatic rings. The molecule has 1 heterocycles. The molecule has 0 atom stereocenters. The minimum absolute atomic E-state index is 0.196. The molecule has 0 unspecified atom stereocenters. The molecular weight excluding hydrogens is 338 g/mol. The molecule has 0 saturated heterocycles. The van der Waals surface area contributed by atoms with E-state index in [-0.39, 0.29) is 6.09 Å². The van der Waals surface area contributed by atoms with E-state index in [1.54, 1.807) is 0 Å². The summed E-state index contributed by atoms with van der Waals surface area (Å²) in [5.74, 6) is 2.17. The van der Waals surface area contributed by atoms with Crippen molar-refractivity contribution in [3.63, 3.8) is 0 Å². The largest absolute Gasteiger partial charge is 0.457 e. The first-order chi connectivity index (χ1) is 13.2. The highest BCUT2D eigenvalue weighted by Crippen LogP contribution is 2.45. The van der Waals surface area contributed by atoms with E-state index in [4.69, 9.17) is 9.47 Å². The molecule has 4 nitrogen and oxygen atoms in total. The molecule has 144 valence electrons. The Balaban J connectivity index is 1.70. The van der Waals surface area contributed by atoms with Crippen molar-refractivity contribution in [2.75, 3.05) is 19.7 Å². The minimum Gasteiger partial charge on any atom is -0.457 e. The summed E-state index contributed by atoms with van der Waals surface area (Å²) in [7, 11) is 0. The van der Waals surface area contributed by atoms with Crippen molar-refractivity contribution in [2.45, 2.75) is 45.4 Å². The highest BCUT2D eigenvalue weighted by atomic mass is 16.6. The first kappa shape index (κ1) is 19.3. The number of hydrogen-bond acceptors (Lipinski definition) is 3. The highest BCUT2D eigenvalue weighted by Gasteiger charge is 2.26. The Morgan fingerprint density at radius 3 is 2.15 bits per heavy atom. The van der Waals surface area contributed by atoms with Gasteiger partial charge in [-0.2, -0.15) is 0 Å². The van der Waals surface area contributed by atoms with Crippen LogP contribution < -0.4 is 4.74 Å². The number of amides is 1. The van der Waals surface area contributed by atoms with Crippen molar-refractivity contribution >= 4 is 6.09 Å². The van der Waals surface area contributed by atoms with Gasteiger partial charge < -0.3 is 14.4 Å². The van der Waals surface area contributed by atoms with Crippen LogP contribution in [0.15, 0.2) is 48.5 Å². The van der Waals surface area contributed by atoms with Crippen LogP contribution in [0, 0.1) is 0 Å². The summed E-state index contributed by atoms with van der Waals surface area (Å²) in [5.41, 5.74) is 2.46. The number of fused-ring (bicyclic) bond motifs is 2. The third kappa shape index (κ3) is 4.62. The summed E-state index contributed by atoms with van der Waals surface area (Å²) in [5, 5.41) is 0. The normalized spacial score (nSPS) is 12.7. The van der Waals surface area contributed by atoms with Gasteiger partial charge >= 0.3 is 6.09 Å². The van der Waals surface area contributed by atoms with E-state index in [9.17, 15) is 4.79 Å². The Kier molecular flexibility index (Phi) is 6.74. The lowest BCUT2D eigenvalue weighted by atomic mass is 9.84. The van der Waals surface area contributed by atoms with Gasteiger partial charge in [-0.3, -0.25) is 0 Å². The van der Waals surface area contributed by atoms with E-state index in [1.807, 2.05) is 36.1 Å². The summed E-state index contributed by atoms with van der Waals surface area (Å²) in [6.07, 6.45) is 3.77. The van der Waals surface area contributed by atoms with Crippen LogP contribution in [0.4, 0.5) is 4.79 Å². The average Bonchev–Trinajstić information content (AvgIpc) is 2.70. The van der Waals surface area contributed by atoms with Gasteiger partial charge in [0, 0.05) is 30.1 Å². The molecule has 0 spiro atoms. The van der Waals surface area contributed by atoms with Crippen molar-refractivity contribution in [1.82, 2.24) is 4.90 Å². The zero-order chi connectivity index (χ0) is 19.1. The lowest BCUT2D eigenvalue weighted by Gasteiger charge is -2.29. The highest BCUT2D eigenvalue weighted by molar-refractivity contribution is 5.67. The van der Waals surface area contributed by atoms with E-state index < -0.39 is 0 Å². The molecular formula is C23H29NO3. The first-order valence-electron chi connectivity index (χ1n) is 10.0. The Morgan fingerprint density at radius 1 is 0.963 bits per heavy atom. The summed E-state index contributed by atoms with van der Waals surface area (Å²) in [6, 6.07) is 16.5. The summed E-state index contributed by atoms with van der Waals surface area (Å²) >= 11 is 0. The Hall–Kier alpha value is -2.49. The fourth-order valence-electron chi connectivity index (χ4n) is 3.66. The molecule has 2 aromatic carbocycles. The van der Waals surface area contributed by atoms with E-state index in [2.05, 4.69) is 31.2 Å². The number of para-hydroxylation sites is 2. The van der Waals surface area contributed by atoms with Crippen molar-refractivity contribution in [1.29, 1.82) is 0 Å². The van der Waals surface area contributed by atoms with Crippen LogP contribution in [0.25, 0.3) is 0 Å². The van der Waals surface area contributed by atoms with Gasteiger partial charge in [-0.25, -0.2) is 4.79 Å². The van der Waals surface area contributed by atoms with Gasteiger partial charge in [0.2, 0.25) is 0 Å². The molecule has 0 saturated carbocycles. The van der Waals surface area contributed by atoms with Gasteiger partial charge in [-0.05, 0) is 38.3 Å². The minimum atomic E-state index is -0.196. The lowest BCUT2D eigenvalue weighted by Crippen LogP contribution is -2.33. The van der Waals surface area contributed by atoms with Crippen LogP contribution in [0.1, 0.15) is 56.6 Å². The average molecular weight is 367 g/mol. The third-order valence-electron chi connectivity index (χ3n) is 5.04. The number of ether oxygens (including phenoxy) is 2. The van der Waals surface area contributed by atoms with Gasteiger partial charge in [-0.15, -0.1) is 0 Å². The Bertz CT molecular complexity index is 713. The Morgan fingerprint density at radius 2 is 1.56 bits per heavy atom. The van der Waals surface area contributed by atoms with Crippen LogP contribution in [-0.2, 0) is 4.74 Å². The van der Waals surface area contributed by atoms with Crippen LogP contribution >= 0.6 is 0 Å². The van der Waals surface area contributed by atoms with Crippen LogP contribution in [-0.4, -0.2) is 30.7 Å². The number of unbranched alkanes of at least 4 members (excludes halogenated alkanes) is 1. The number of carbonyl (C=O) groups is 1. The van der Waals surface area contributed by atoms with Crippen molar-refractivity contribution in [2.24, 2.45) is 0 Å². The third-order valence-corrected chi connectivity index (χ3v) is 5.04. The fraction of sp³-hybridized carbons (Fsp3) is 0.435. The van der Waals surface area contributed by atoms with Gasteiger partial charge in [0.15, 0.2) is 0 Å². The number of nitrogens with zero attached hydrogens (tertiary/aromatic N) is 1. The SMILES string of the molecule is CCCCN(CCCC1c2ccccc2Oc2ccccc21)C(=O)OCC. The molecule has 0 aliphatic carbocycles. The lowest BCUT2D eigenvalue weighted by molar-refractivity contribution is 0.106. The zero-order valence-corrected chi connectivity index (χ0v) is 16.3. The van der Waals surface area contributed by atoms with Crippen molar-refractivity contribution < 1.29 is 14.3 Å². The molecule has 0 aromatic heterocycles. The number of carbonyl (C=O) groups excluding carboxylic acids is 1. The number of rotatable bonds is 8.